The molecule has 1 aliphatic heterocycles. The summed E-state index contributed by atoms with van der Waals surface area (Å²) in [4.78, 5) is 12.6. The Bertz CT molecular complexity index is 630. The van der Waals surface area contributed by atoms with Crippen molar-refractivity contribution in [1.29, 1.82) is 0 Å². The molecule has 0 aromatic heterocycles. The molecule has 2 aromatic rings. The molecule has 2 atom stereocenters. The van der Waals surface area contributed by atoms with E-state index in [0.29, 0.717) is 0 Å². The normalized spacial score (nSPS) is 22.8. The van der Waals surface area contributed by atoms with Crippen LogP contribution >= 0.6 is 0 Å². The van der Waals surface area contributed by atoms with Crippen LogP contribution in [0, 0.1) is 6.92 Å². The Morgan fingerprint density at radius 3 is 2.53 bits per heavy atom. The zero-order valence-electron chi connectivity index (χ0n) is 11.3. The summed E-state index contributed by atoms with van der Waals surface area (Å²) >= 11 is 0. The summed E-state index contributed by atoms with van der Waals surface area (Å²) in [6.07, 6.45) is 1.74. The number of benzene rings is 2. The topological polar surface area (TPSA) is 26.3 Å². The molecule has 2 heteroatoms. The smallest absolute Gasteiger partial charge is 0.192 e. The van der Waals surface area contributed by atoms with Crippen LogP contribution in [0.2, 0.25) is 0 Å². The lowest BCUT2D eigenvalue weighted by molar-refractivity contribution is 0.0435. The first-order chi connectivity index (χ1) is 9.16. The van der Waals surface area contributed by atoms with E-state index in [2.05, 4.69) is 13.0 Å². The van der Waals surface area contributed by atoms with Gasteiger partial charge in [0, 0.05) is 5.56 Å². The lowest BCUT2D eigenvalue weighted by atomic mass is 9.95. The average molecular weight is 254 g/mol. The van der Waals surface area contributed by atoms with Crippen LogP contribution < -0.4 is 0 Å². The first-order valence-electron chi connectivity index (χ1n) is 6.85. The number of ketones is 1. The Morgan fingerprint density at radius 1 is 1.11 bits per heavy atom. The summed E-state index contributed by atoms with van der Waals surface area (Å²) in [6, 6.07) is 12.0. The number of rotatable bonds is 2. The third-order valence-electron chi connectivity index (χ3n) is 3.93. The molecule has 0 bridgehead atoms. The highest BCUT2D eigenvalue weighted by molar-refractivity contribution is 6.10. The van der Waals surface area contributed by atoms with Gasteiger partial charge in [0.2, 0.25) is 0 Å². The third kappa shape index (κ3) is 2.17. The maximum absolute atomic E-state index is 12.6. The van der Waals surface area contributed by atoms with Gasteiger partial charge in [0.25, 0.3) is 0 Å². The molecule has 1 saturated heterocycles. The van der Waals surface area contributed by atoms with Gasteiger partial charge in [0.15, 0.2) is 5.78 Å². The zero-order chi connectivity index (χ0) is 13.4. The molecule has 2 unspecified atom stereocenters. The van der Waals surface area contributed by atoms with Crippen molar-refractivity contribution in [2.45, 2.75) is 38.9 Å². The minimum Gasteiger partial charge on any atom is -0.367 e. The lowest BCUT2D eigenvalue weighted by Crippen LogP contribution is -2.21. The molecule has 2 aromatic carbocycles. The number of carbonyl (C=O) groups excluding carboxylic acids is 1. The monoisotopic (exact) mass is 254 g/mol. The number of Topliss-reactive ketones (excluding diaryl/α,β-unsaturated/α-hetero) is 1. The standard InChI is InChI=1S/C17H18O2/c1-11-7-9-15(14-6-4-3-5-13(11)14)17(18)16-10-8-12(2)19-16/h3-7,9,12,16H,8,10H2,1-2H3. The van der Waals surface area contributed by atoms with E-state index in [1.807, 2.05) is 37.3 Å². The molecule has 0 saturated carbocycles. The summed E-state index contributed by atoms with van der Waals surface area (Å²) in [5.41, 5.74) is 1.99. The van der Waals surface area contributed by atoms with E-state index in [-0.39, 0.29) is 18.0 Å². The molecule has 19 heavy (non-hydrogen) atoms. The number of hydrogen-bond donors (Lipinski definition) is 0. The van der Waals surface area contributed by atoms with Gasteiger partial charge in [-0.25, -0.2) is 0 Å². The van der Waals surface area contributed by atoms with Crippen LogP contribution in [-0.4, -0.2) is 18.0 Å². The van der Waals surface area contributed by atoms with Gasteiger partial charge in [0.1, 0.15) is 6.10 Å². The third-order valence-corrected chi connectivity index (χ3v) is 3.93. The fourth-order valence-electron chi connectivity index (χ4n) is 2.83. The van der Waals surface area contributed by atoms with Crippen molar-refractivity contribution < 1.29 is 9.53 Å². The maximum Gasteiger partial charge on any atom is 0.192 e. The van der Waals surface area contributed by atoms with Crippen molar-refractivity contribution >= 4 is 16.6 Å². The molecule has 0 N–H and O–H groups in total. The van der Waals surface area contributed by atoms with Crippen LogP contribution in [0.4, 0.5) is 0 Å². The van der Waals surface area contributed by atoms with E-state index in [1.165, 1.54) is 5.56 Å². The number of fused-ring (bicyclic) bond motifs is 1. The lowest BCUT2D eigenvalue weighted by Gasteiger charge is -2.13. The second-order valence-corrected chi connectivity index (χ2v) is 5.35. The van der Waals surface area contributed by atoms with Crippen molar-refractivity contribution in [1.82, 2.24) is 0 Å². The van der Waals surface area contributed by atoms with E-state index in [9.17, 15) is 4.79 Å². The Balaban J connectivity index is 2.06. The SMILES string of the molecule is Cc1ccc(C(=O)C2CCC(C)O2)c2ccccc12. The van der Waals surface area contributed by atoms with E-state index in [0.717, 1.165) is 29.2 Å². The highest BCUT2D eigenvalue weighted by Crippen LogP contribution is 2.27. The first kappa shape index (κ1) is 12.4. The highest BCUT2D eigenvalue weighted by atomic mass is 16.5. The van der Waals surface area contributed by atoms with Crippen molar-refractivity contribution in [2.24, 2.45) is 0 Å². The van der Waals surface area contributed by atoms with E-state index in [4.69, 9.17) is 4.74 Å². The summed E-state index contributed by atoms with van der Waals surface area (Å²) in [5.74, 6) is 0.126. The van der Waals surface area contributed by atoms with Gasteiger partial charge in [-0.05, 0) is 43.0 Å². The quantitative estimate of drug-likeness (QED) is 0.760. The van der Waals surface area contributed by atoms with Crippen molar-refractivity contribution in [3.05, 3.63) is 47.5 Å². The largest absolute Gasteiger partial charge is 0.367 e. The summed E-state index contributed by atoms with van der Waals surface area (Å²) in [6.45, 7) is 4.10. The second kappa shape index (κ2) is 4.78. The fraction of sp³-hybridized carbons (Fsp3) is 0.353. The Morgan fingerprint density at radius 2 is 1.84 bits per heavy atom. The van der Waals surface area contributed by atoms with Crippen LogP contribution in [0.1, 0.15) is 35.7 Å². The van der Waals surface area contributed by atoms with Gasteiger partial charge in [0.05, 0.1) is 6.10 Å². The fourth-order valence-corrected chi connectivity index (χ4v) is 2.83. The molecular weight excluding hydrogens is 236 g/mol. The van der Waals surface area contributed by atoms with Gasteiger partial charge in [-0.3, -0.25) is 4.79 Å². The Labute approximate surface area is 113 Å². The molecular formula is C17H18O2. The van der Waals surface area contributed by atoms with E-state index >= 15 is 0 Å². The number of carbonyl (C=O) groups is 1. The minimum absolute atomic E-state index is 0.126. The highest BCUT2D eigenvalue weighted by Gasteiger charge is 2.29. The van der Waals surface area contributed by atoms with Crippen LogP contribution in [0.5, 0.6) is 0 Å². The summed E-state index contributed by atoms with van der Waals surface area (Å²) in [7, 11) is 0. The molecule has 0 radical (unpaired) electrons. The number of ether oxygens (including phenoxy) is 1. The molecule has 98 valence electrons. The zero-order valence-corrected chi connectivity index (χ0v) is 11.3. The predicted molar refractivity (Wildman–Crippen MR) is 76.6 cm³/mol. The predicted octanol–water partition coefficient (Wildman–Crippen LogP) is 3.90. The van der Waals surface area contributed by atoms with Gasteiger partial charge in [-0.2, -0.15) is 0 Å². The molecule has 1 heterocycles. The first-order valence-corrected chi connectivity index (χ1v) is 6.85. The molecule has 1 aliphatic rings. The van der Waals surface area contributed by atoms with E-state index in [1.54, 1.807) is 0 Å². The van der Waals surface area contributed by atoms with Crippen LogP contribution in [0.15, 0.2) is 36.4 Å². The maximum atomic E-state index is 12.6. The summed E-state index contributed by atoms with van der Waals surface area (Å²) < 4.78 is 5.71. The molecule has 0 amide bonds. The second-order valence-electron chi connectivity index (χ2n) is 5.35. The van der Waals surface area contributed by atoms with Crippen molar-refractivity contribution in [3.8, 4) is 0 Å². The average Bonchev–Trinajstić information content (AvgIpc) is 2.86. The van der Waals surface area contributed by atoms with Crippen molar-refractivity contribution in [3.63, 3.8) is 0 Å². The minimum atomic E-state index is -0.263. The van der Waals surface area contributed by atoms with Crippen molar-refractivity contribution in [2.75, 3.05) is 0 Å². The number of hydrogen-bond acceptors (Lipinski definition) is 2. The molecule has 1 fully saturated rings. The molecule has 3 rings (SSSR count). The van der Waals surface area contributed by atoms with Crippen LogP contribution in [0.25, 0.3) is 10.8 Å². The van der Waals surface area contributed by atoms with Gasteiger partial charge < -0.3 is 4.74 Å². The Kier molecular flexibility index (Phi) is 3.11. The molecule has 2 nitrogen and oxygen atoms in total. The van der Waals surface area contributed by atoms with Crippen LogP contribution in [-0.2, 0) is 4.74 Å². The Hall–Kier alpha value is -1.67. The van der Waals surface area contributed by atoms with E-state index < -0.39 is 0 Å². The van der Waals surface area contributed by atoms with Crippen LogP contribution in [0.3, 0.4) is 0 Å². The molecule has 0 spiro atoms. The number of aryl methyl sites for hydroxylation is 1. The molecule has 0 aliphatic carbocycles. The summed E-state index contributed by atoms with van der Waals surface area (Å²) in [5, 5.41) is 2.19. The van der Waals surface area contributed by atoms with Gasteiger partial charge in [-0.15, -0.1) is 0 Å². The van der Waals surface area contributed by atoms with Gasteiger partial charge in [-0.1, -0.05) is 36.4 Å². The van der Waals surface area contributed by atoms with Gasteiger partial charge >= 0.3 is 0 Å².